The molecule has 5 heteroatoms. The minimum atomic E-state index is -2.32. The highest BCUT2D eigenvalue weighted by Gasteiger charge is 2.51. The Balaban J connectivity index is 0.000000191. The van der Waals surface area contributed by atoms with Gasteiger partial charge in [0, 0.05) is 28.2 Å². The maximum absolute atomic E-state index is 5.03. The molecule has 0 amide bonds. The molecule has 8 aromatic carbocycles. The van der Waals surface area contributed by atoms with Crippen LogP contribution in [0, 0.1) is 0 Å². The van der Waals surface area contributed by atoms with Gasteiger partial charge in [0.25, 0.3) is 0 Å². The van der Waals surface area contributed by atoms with Crippen LogP contribution in [0.1, 0.15) is 0 Å². The van der Waals surface area contributed by atoms with Crippen molar-refractivity contribution in [1.82, 2.24) is 9.80 Å². The maximum atomic E-state index is 5.03. The van der Waals surface area contributed by atoms with Crippen molar-refractivity contribution in [3.63, 3.8) is 0 Å². The van der Waals surface area contributed by atoms with Gasteiger partial charge in [0.1, 0.15) is 35.1 Å². The number of aliphatic imine (C=N–C) groups is 1. The third-order valence-corrected chi connectivity index (χ3v) is 15.4. The molecule has 3 nitrogen and oxygen atoms in total. The second-order valence-corrected chi connectivity index (χ2v) is 18.7. The fraction of sp³-hybridized carbons (Fsp3) is 0.0727. The minimum absolute atomic E-state index is 0.939. The Bertz CT molecular complexity index is 2280. The SMILES string of the molecule is CN(C)C(=C(C=Nc1ccccc1)[P+](c1ccccc1)(c1ccccc1)c1ccccc1)N(C)C.c1ccc([B-](c2ccccc2)(c2ccccc2)c2ccccc2)cc1. The van der Waals surface area contributed by atoms with Gasteiger partial charge in [-0.15, -0.1) is 0 Å². The normalized spacial score (nSPS) is 11.3. The van der Waals surface area contributed by atoms with Crippen LogP contribution in [0.4, 0.5) is 5.69 Å². The Labute approximate surface area is 358 Å². The molecule has 0 saturated carbocycles. The predicted octanol–water partition coefficient (Wildman–Crippen LogP) is 8.74. The summed E-state index contributed by atoms with van der Waals surface area (Å²) < 4.78 is 0. The van der Waals surface area contributed by atoms with Crippen LogP contribution in [-0.4, -0.2) is 50.4 Å². The van der Waals surface area contributed by atoms with E-state index in [1.54, 1.807) is 0 Å². The molecule has 0 fully saturated rings. The zero-order valence-electron chi connectivity index (χ0n) is 35.0. The molecule has 0 bridgehead atoms. The quantitative estimate of drug-likeness (QED) is 0.0700. The Morgan fingerprint density at radius 3 is 0.883 bits per heavy atom. The molecule has 296 valence electrons. The monoisotopic (exact) mass is 797 g/mol. The topological polar surface area (TPSA) is 18.8 Å². The van der Waals surface area contributed by atoms with Crippen molar-refractivity contribution in [3.8, 4) is 0 Å². The first-order chi connectivity index (χ1) is 29.5. The smallest absolute Gasteiger partial charge is 0.168 e. The molecule has 0 spiro atoms. The minimum Gasteiger partial charge on any atom is -0.361 e. The van der Waals surface area contributed by atoms with Gasteiger partial charge < -0.3 is 9.80 Å². The Kier molecular flexibility index (Phi) is 13.7. The van der Waals surface area contributed by atoms with Crippen molar-refractivity contribution in [2.24, 2.45) is 4.99 Å². The van der Waals surface area contributed by atoms with Crippen molar-refractivity contribution in [2.45, 2.75) is 0 Å². The van der Waals surface area contributed by atoms with Crippen LogP contribution in [0.3, 0.4) is 0 Å². The first-order valence-electron chi connectivity index (χ1n) is 20.6. The lowest BCUT2D eigenvalue weighted by Gasteiger charge is -2.44. The summed E-state index contributed by atoms with van der Waals surface area (Å²) in [5.41, 5.74) is 6.29. The van der Waals surface area contributed by atoms with Gasteiger partial charge in [-0.3, -0.25) is 4.99 Å². The van der Waals surface area contributed by atoms with E-state index >= 15 is 0 Å². The zero-order valence-corrected chi connectivity index (χ0v) is 35.9. The molecule has 0 aromatic heterocycles. The van der Waals surface area contributed by atoms with Crippen LogP contribution in [0.15, 0.2) is 259 Å². The molecule has 0 aliphatic heterocycles. The summed E-state index contributed by atoms with van der Waals surface area (Å²) in [7, 11) is 6.13. The highest BCUT2D eigenvalue weighted by molar-refractivity contribution is 7.99. The lowest BCUT2D eigenvalue weighted by atomic mass is 9.13. The second-order valence-electron chi connectivity index (χ2n) is 15.3. The summed E-state index contributed by atoms with van der Waals surface area (Å²) in [6.07, 6.45) is 0.887. The lowest BCUT2D eigenvalue weighted by molar-refractivity contribution is 0.342. The number of benzene rings is 8. The number of hydrogen-bond acceptors (Lipinski definition) is 3. The van der Waals surface area contributed by atoms with Crippen molar-refractivity contribution in [1.29, 1.82) is 0 Å². The van der Waals surface area contributed by atoms with Crippen LogP contribution >= 0.6 is 7.26 Å². The molecule has 0 saturated heterocycles. The lowest BCUT2D eigenvalue weighted by Crippen LogP contribution is -2.74. The van der Waals surface area contributed by atoms with Gasteiger partial charge in [-0.05, 0) is 48.5 Å². The Hall–Kier alpha value is -6.74. The summed E-state index contributed by atoms with van der Waals surface area (Å²) >= 11 is 0. The molecule has 8 aromatic rings. The molecule has 0 unspecified atom stereocenters. The van der Waals surface area contributed by atoms with Crippen molar-refractivity contribution in [3.05, 3.63) is 254 Å². The Morgan fingerprint density at radius 1 is 0.367 bits per heavy atom. The predicted molar refractivity (Wildman–Crippen MR) is 264 cm³/mol. The van der Waals surface area contributed by atoms with Gasteiger partial charge in [-0.1, -0.05) is 194 Å². The number of nitrogens with zero attached hydrogens (tertiary/aromatic N) is 3. The first-order valence-corrected chi connectivity index (χ1v) is 22.4. The number of rotatable bonds is 12. The van der Waals surface area contributed by atoms with Gasteiger partial charge in [0.05, 0.1) is 11.9 Å². The van der Waals surface area contributed by atoms with E-state index in [1.165, 1.54) is 43.1 Å². The van der Waals surface area contributed by atoms with E-state index in [2.05, 4.69) is 257 Å². The molecule has 0 heterocycles. The molecule has 0 aliphatic rings. The fourth-order valence-electron chi connectivity index (χ4n) is 8.74. The summed E-state index contributed by atoms with van der Waals surface area (Å²) in [6.45, 7) is 0. The van der Waals surface area contributed by atoms with E-state index < -0.39 is 13.4 Å². The van der Waals surface area contributed by atoms with Crippen LogP contribution in [0.5, 0.6) is 0 Å². The van der Waals surface area contributed by atoms with Crippen LogP contribution < -0.4 is 37.8 Å². The van der Waals surface area contributed by atoms with E-state index in [4.69, 9.17) is 4.99 Å². The molecule has 0 radical (unpaired) electrons. The van der Waals surface area contributed by atoms with E-state index in [0.29, 0.717) is 0 Å². The average Bonchev–Trinajstić information content (AvgIpc) is 3.31. The number of para-hydroxylation sites is 1. The van der Waals surface area contributed by atoms with Gasteiger partial charge in [0.2, 0.25) is 0 Å². The van der Waals surface area contributed by atoms with Crippen LogP contribution in [-0.2, 0) is 0 Å². The van der Waals surface area contributed by atoms with Gasteiger partial charge in [-0.2, -0.15) is 21.9 Å². The molecular formula is C55H53BN3P. The summed E-state index contributed by atoms with van der Waals surface area (Å²) in [5, 5.41) is 5.11. The van der Waals surface area contributed by atoms with Crippen LogP contribution in [0.25, 0.3) is 0 Å². The molecule has 8 rings (SSSR count). The zero-order chi connectivity index (χ0) is 41.6. The van der Waals surface area contributed by atoms with Crippen LogP contribution in [0.2, 0.25) is 0 Å². The largest absolute Gasteiger partial charge is 0.361 e. The molecule has 0 aliphatic carbocycles. The summed E-state index contributed by atoms with van der Waals surface area (Å²) in [6, 6.07) is 86.5. The fourth-order valence-corrected chi connectivity index (χ4v) is 13.3. The van der Waals surface area contributed by atoms with Gasteiger partial charge in [-0.25, -0.2) is 0 Å². The Morgan fingerprint density at radius 2 is 0.617 bits per heavy atom. The number of hydrogen-bond donors (Lipinski definition) is 0. The molecular weight excluding hydrogens is 744 g/mol. The van der Waals surface area contributed by atoms with Gasteiger partial charge in [0.15, 0.2) is 5.31 Å². The van der Waals surface area contributed by atoms with E-state index in [-0.39, 0.29) is 0 Å². The highest BCUT2D eigenvalue weighted by Crippen LogP contribution is 2.63. The standard InChI is InChI=1S/C31H33N3P.C24H20B/c1-33(2)31(34(3)4)30(25-32-26-17-9-5-10-18-26)35(27-19-11-6-12-20-27,28-21-13-7-14-22-28)29-23-15-8-16-24-29;1-5-13-21(14-6-1)25(22-15-7-2-8-16-22,23-17-9-3-10-18-23)24-19-11-4-12-20-24/h5-25H,1-4H3;1-20H/q+1;-1. The molecule has 0 atom stereocenters. The van der Waals surface area contributed by atoms with Crippen molar-refractivity contribution in [2.75, 3.05) is 28.2 Å². The van der Waals surface area contributed by atoms with Crippen molar-refractivity contribution >= 4 is 63.1 Å². The van der Waals surface area contributed by atoms with Gasteiger partial charge >= 0.3 is 0 Å². The number of allylic oxidation sites excluding steroid dienone is 1. The van der Waals surface area contributed by atoms with E-state index in [9.17, 15) is 0 Å². The van der Waals surface area contributed by atoms with Crippen molar-refractivity contribution < 1.29 is 0 Å². The molecule has 0 N–H and O–H groups in total. The third kappa shape index (κ3) is 8.66. The average molecular weight is 798 g/mol. The van der Waals surface area contributed by atoms with E-state index in [0.717, 1.165) is 11.5 Å². The summed E-state index contributed by atoms with van der Waals surface area (Å²) in [4.78, 5) is 9.43. The highest BCUT2D eigenvalue weighted by atomic mass is 31.2. The molecule has 60 heavy (non-hydrogen) atoms. The second kappa shape index (κ2) is 19.8. The third-order valence-electron chi connectivity index (χ3n) is 11.2. The maximum Gasteiger partial charge on any atom is 0.168 e. The first kappa shape index (κ1) is 41.4. The summed E-state index contributed by atoms with van der Waals surface area (Å²) in [5.74, 6) is 1.13. The van der Waals surface area contributed by atoms with E-state index in [1.807, 2.05) is 30.3 Å².